The highest BCUT2D eigenvalue weighted by Gasteiger charge is 2.31. The second-order valence-electron chi connectivity index (χ2n) is 7.97. The molecule has 0 saturated heterocycles. The summed E-state index contributed by atoms with van der Waals surface area (Å²) in [5, 5.41) is 4.12. The lowest BCUT2D eigenvalue weighted by Crippen LogP contribution is -2.47. The molecule has 1 N–H and O–H groups in total. The van der Waals surface area contributed by atoms with Gasteiger partial charge in [0.2, 0.25) is 0 Å². The van der Waals surface area contributed by atoms with E-state index in [9.17, 15) is 0 Å². The highest BCUT2D eigenvalue weighted by Crippen LogP contribution is 2.39. The number of nitrogens with one attached hydrogen (secondary N) is 1. The maximum absolute atomic E-state index is 6.27. The van der Waals surface area contributed by atoms with Gasteiger partial charge >= 0.3 is 0 Å². The first-order valence-electron chi connectivity index (χ1n) is 11.2. The smallest absolute Gasteiger partial charge is 0.169 e. The summed E-state index contributed by atoms with van der Waals surface area (Å²) in [6.45, 7) is 1.83. The first-order chi connectivity index (χ1) is 16.6. The number of methoxy groups -OCH3 is 3. The van der Waals surface area contributed by atoms with Gasteiger partial charge < -0.3 is 29.2 Å². The topological polar surface area (TPSA) is 52.2 Å². The highest BCUT2D eigenvalue weighted by atomic mass is 32.1. The number of thiocarbonyl (C=S) groups is 1. The molecule has 0 amide bonds. The van der Waals surface area contributed by atoms with Crippen LogP contribution in [0.15, 0.2) is 66.7 Å². The zero-order valence-electron chi connectivity index (χ0n) is 19.7. The van der Waals surface area contributed by atoms with Gasteiger partial charge in [-0.3, -0.25) is 0 Å². The molecule has 0 radical (unpaired) electrons. The Bertz CT molecular complexity index is 1120. The van der Waals surface area contributed by atoms with Crippen LogP contribution in [0.4, 0.5) is 0 Å². The van der Waals surface area contributed by atoms with Crippen molar-refractivity contribution < 1.29 is 18.9 Å². The van der Waals surface area contributed by atoms with Crippen molar-refractivity contribution in [1.29, 1.82) is 0 Å². The average molecular weight is 479 g/mol. The number of hydrogen-bond acceptors (Lipinski definition) is 5. The molecule has 0 fully saturated rings. The van der Waals surface area contributed by atoms with E-state index >= 15 is 0 Å². The summed E-state index contributed by atoms with van der Waals surface area (Å²) in [6, 6.07) is 21.9. The lowest BCUT2D eigenvalue weighted by molar-refractivity contribution is 0.182. The van der Waals surface area contributed by atoms with Crippen molar-refractivity contribution in [3.63, 3.8) is 0 Å². The Morgan fingerprint density at radius 2 is 1.53 bits per heavy atom. The third-order valence-electron chi connectivity index (χ3n) is 6.02. The number of para-hydroxylation sites is 2. The Morgan fingerprint density at radius 3 is 2.24 bits per heavy atom. The molecule has 3 aromatic carbocycles. The molecule has 0 unspecified atom stereocenters. The van der Waals surface area contributed by atoms with Crippen LogP contribution in [0, 0.1) is 0 Å². The molecular weight excluding hydrogens is 448 g/mol. The summed E-state index contributed by atoms with van der Waals surface area (Å²) in [4.78, 5) is 2.20. The van der Waals surface area contributed by atoms with Crippen molar-refractivity contribution in [2.45, 2.75) is 19.0 Å². The minimum atomic E-state index is -0.107. The fraction of sp³-hybridized carbons (Fsp3) is 0.296. The monoisotopic (exact) mass is 478 g/mol. The van der Waals surface area contributed by atoms with Crippen molar-refractivity contribution in [1.82, 2.24) is 10.2 Å². The van der Waals surface area contributed by atoms with E-state index in [2.05, 4.69) is 28.4 Å². The van der Waals surface area contributed by atoms with Gasteiger partial charge in [-0.2, -0.15) is 0 Å². The molecule has 6 nitrogen and oxygen atoms in total. The van der Waals surface area contributed by atoms with Gasteiger partial charge in [0.15, 0.2) is 28.1 Å². The number of ether oxygens (including phenoxy) is 4. The number of rotatable bonds is 8. The lowest BCUT2D eigenvalue weighted by Gasteiger charge is -2.39. The summed E-state index contributed by atoms with van der Waals surface area (Å²) < 4.78 is 22.9. The summed E-state index contributed by atoms with van der Waals surface area (Å²) in [7, 11) is 4.95. The predicted octanol–water partition coefficient (Wildman–Crippen LogP) is 4.77. The van der Waals surface area contributed by atoms with Crippen LogP contribution in [0.1, 0.15) is 22.7 Å². The van der Waals surface area contributed by atoms with Gasteiger partial charge in [0.25, 0.3) is 0 Å². The van der Waals surface area contributed by atoms with Gasteiger partial charge in [0, 0.05) is 13.1 Å². The number of fused-ring (bicyclic) bond motifs is 1. The van der Waals surface area contributed by atoms with Gasteiger partial charge in [-0.1, -0.05) is 42.5 Å². The number of hydrogen-bond donors (Lipinski definition) is 1. The standard InChI is InChI=1S/C27H30N2O4S/c1-30-23-11-7-8-12-24(23)33-18-22-21-16-26(32-3)25(31-2)15-20(21)13-14-29(22)27(34)28-17-19-9-5-4-6-10-19/h4-12,15-16,22H,13-14,17-18H2,1-3H3,(H,28,34)/t22-/m0/s1. The second kappa shape index (κ2) is 11.1. The van der Waals surface area contributed by atoms with Crippen molar-refractivity contribution in [3.8, 4) is 23.0 Å². The molecule has 3 aromatic rings. The first-order valence-corrected chi connectivity index (χ1v) is 11.6. The molecule has 0 aliphatic carbocycles. The van der Waals surface area contributed by atoms with Gasteiger partial charge in [-0.25, -0.2) is 0 Å². The largest absolute Gasteiger partial charge is 0.493 e. The van der Waals surface area contributed by atoms with Gasteiger partial charge in [-0.05, 0) is 59.6 Å². The fourth-order valence-corrected chi connectivity index (χ4v) is 4.52. The van der Waals surface area contributed by atoms with Crippen LogP contribution in [0.5, 0.6) is 23.0 Å². The van der Waals surface area contributed by atoms with Crippen molar-refractivity contribution >= 4 is 17.3 Å². The van der Waals surface area contributed by atoms with E-state index in [4.69, 9.17) is 31.2 Å². The van der Waals surface area contributed by atoms with E-state index in [1.54, 1.807) is 21.3 Å². The van der Waals surface area contributed by atoms with Crippen LogP contribution in [-0.2, 0) is 13.0 Å². The molecule has 178 valence electrons. The quantitative estimate of drug-likeness (QED) is 0.468. The average Bonchev–Trinajstić information content (AvgIpc) is 2.90. The van der Waals surface area contributed by atoms with Gasteiger partial charge in [0.05, 0.1) is 27.4 Å². The van der Waals surface area contributed by atoms with E-state index in [0.717, 1.165) is 24.3 Å². The molecule has 34 heavy (non-hydrogen) atoms. The zero-order valence-corrected chi connectivity index (χ0v) is 20.6. The third kappa shape index (κ3) is 5.20. The predicted molar refractivity (Wildman–Crippen MR) is 137 cm³/mol. The van der Waals surface area contributed by atoms with E-state index in [1.807, 2.05) is 48.5 Å². The van der Waals surface area contributed by atoms with Crippen LogP contribution >= 0.6 is 12.2 Å². The summed E-state index contributed by atoms with van der Waals surface area (Å²) in [5.74, 6) is 2.81. The minimum Gasteiger partial charge on any atom is -0.493 e. The Morgan fingerprint density at radius 1 is 0.882 bits per heavy atom. The molecule has 4 rings (SSSR count). The normalized spacial score (nSPS) is 14.7. The lowest BCUT2D eigenvalue weighted by atomic mass is 9.92. The Labute approximate surface area is 206 Å². The first kappa shape index (κ1) is 23.7. The SMILES string of the molecule is COc1cc2c(cc1OC)[C@H](COc1ccccc1OC)N(C(=S)NCc1ccccc1)CC2. The van der Waals surface area contributed by atoms with Crippen molar-refractivity contribution in [3.05, 3.63) is 83.4 Å². The number of nitrogens with zero attached hydrogens (tertiary/aromatic N) is 1. The van der Waals surface area contributed by atoms with Crippen LogP contribution in [0.2, 0.25) is 0 Å². The van der Waals surface area contributed by atoms with E-state index in [0.29, 0.717) is 35.5 Å². The Hall–Kier alpha value is -3.45. The van der Waals surface area contributed by atoms with Crippen LogP contribution < -0.4 is 24.3 Å². The number of benzene rings is 3. The molecule has 1 aliphatic rings. The molecule has 7 heteroatoms. The van der Waals surface area contributed by atoms with Crippen LogP contribution in [0.25, 0.3) is 0 Å². The van der Waals surface area contributed by atoms with E-state index < -0.39 is 0 Å². The van der Waals surface area contributed by atoms with Crippen molar-refractivity contribution in [2.75, 3.05) is 34.5 Å². The van der Waals surface area contributed by atoms with E-state index in [-0.39, 0.29) is 6.04 Å². The third-order valence-corrected chi connectivity index (χ3v) is 6.39. The van der Waals surface area contributed by atoms with Crippen molar-refractivity contribution in [2.24, 2.45) is 0 Å². The molecule has 1 heterocycles. The molecule has 1 atom stereocenters. The van der Waals surface area contributed by atoms with Crippen LogP contribution in [0.3, 0.4) is 0 Å². The summed E-state index contributed by atoms with van der Waals surface area (Å²) >= 11 is 5.85. The van der Waals surface area contributed by atoms with Crippen LogP contribution in [-0.4, -0.2) is 44.5 Å². The van der Waals surface area contributed by atoms with Gasteiger partial charge in [0.1, 0.15) is 6.61 Å². The summed E-state index contributed by atoms with van der Waals surface area (Å²) in [5.41, 5.74) is 3.49. The fourth-order valence-electron chi connectivity index (χ4n) is 4.23. The molecule has 0 aromatic heterocycles. The van der Waals surface area contributed by atoms with E-state index in [1.165, 1.54) is 11.1 Å². The zero-order chi connectivity index (χ0) is 23.9. The highest BCUT2D eigenvalue weighted by molar-refractivity contribution is 7.80. The minimum absolute atomic E-state index is 0.107. The molecule has 0 spiro atoms. The molecule has 0 saturated carbocycles. The maximum atomic E-state index is 6.27. The van der Waals surface area contributed by atoms with Gasteiger partial charge in [-0.15, -0.1) is 0 Å². The Kier molecular flexibility index (Phi) is 7.75. The molecule has 0 bridgehead atoms. The Balaban J connectivity index is 1.61. The second-order valence-corrected chi connectivity index (χ2v) is 8.36. The summed E-state index contributed by atoms with van der Waals surface area (Å²) in [6.07, 6.45) is 0.841. The molecular formula is C27H30N2O4S. The molecule has 1 aliphatic heterocycles. The maximum Gasteiger partial charge on any atom is 0.169 e.